The van der Waals surface area contributed by atoms with Crippen molar-refractivity contribution in [2.45, 2.75) is 45.4 Å². The number of carbonyl (C=O) groups is 2. The third-order valence-corrected chi connectivity index (χ3v) is 7.99. The van der Waals surface area contributed by atoms with Gasteiger partial charge in [-0.25, -0.2) is 0 Å². The van der Waals surface area contributed by atoms with Crippen LogP contribution in [0.1, 0.15) is 52.7 Å². The van der Waals surface area contributed by atoms with Crippen molar-refractivity contribution in [2.75, 3.05) is 25.2 Å². The van der Waals surface area contributed by atoms with Crippen molar-refractivity contribution in [1.29, 1.82) is 0 Å². The number of hydrogen-bond donors (Lipinski definition) is 1. The van der Waals surface area contributed by atoms with Crippen molar-refractivity contribution in [2.24, 2.45) is 11.8 Å². The quantitative estimate of drug-likeness (QED) is 0.761. The number of thiophene rings is 1. The van der Waals surface area contributed by atoms with E-state index in [1.807, 2.05) is 17.0 Å². The molecule has 2 aromatic rings. The van der Waals surface area contributed by atoms with E-state index in [-0.39, 0.29) is 24.5 Å². The maximum atomic E-state index is 13.1. The lowest BCUT2D eigenvalue weighted by Crippen LogP contribution is -2.41. The molecule has 1 atom stereocenters. The monoisotopic (exact) mass is 440 g/mol. The predicted octanol–water partition coefficient (Wildman–Crippen LogP) is 4.48. The molecule has 0 unspecified atom stereocenters. The van der Waals surface area contributed by atoms with E-state index in [1.165, 1.54) is 23.3 Å². The van der Waals surface area contributed by atoms with E-state index in [0.29, 0.717) is 43.1 Å². The minimum atomic E-state index is -0.0867. The Kier molecular flexibility index (Phi) is 5.61. The summed E-state index contributed by atoms with van der Waals surface area (Å²) in [5, 5.41) is 2.98. The second-order valence-corrected chi connectivity index (χ2v) is 9.84. The number of aryl methyl sites for hydroxylation is 1. The molecular weight excluding hydrogens is 412 g/mol. The molecule has 1 aliphatic carbocycles. The highest BCUT2D eigenvalue weighted by Gasteiger charge is 2.30. The lowest BCUT2D eigenvalue weighted by molar-refractivity contribution is -0.121. The van der Waals surface area contributed by atoms with E-state index < -0.39 is 0 Å². The van der Waals surface area contributed by atoms with Crippen molar-refractivity contribution < 1.29 is 19.1 Å². The van der Waals surface area contributed by atoms with Gasteiger partial charge in [-0.2, -0.15) is 0 Å². The first-order valence-corrected chi connectivity index (χ1v) is 12.0. The molecule has 1 aromatic carbocycles. The molecule has 0 saturated carbocycles. The van der Waals surface area contributed by atoms with Gasteiger partial charge < -0.3 is 19.7 Å². The molecule has 1 saturated heterocycles. The number of nitrogens with zero attached hydrogens (tertiary/aromatic N) is 1. The fourth-order valence-electron chi connectivity index (χ4n) is 4.77. The molecule has 31 heavy (non-hydrogen) atoms. The van der Waals surface area contributed by atoms with Gasteiger partial charge in [-0.15, -0.1) is 11.3 Å². The number of amides is 2. The topological polar surface area (TPSA) is 67.9 Å². The Morgan fingerprint density at radius 2 is 1.94 bits per heavy atom. The molecule has 3 heterocycles. The molecule has 6 nitrogen and oxygen atoms in total. The van der Waals surface area contributed by atoms with Gasteiger partial charge in [0.25, 0.3) is 5.91 Å². The van der Waals surface area contributed by atoms with Gasteiger partial charge in [-0.3, -0.25) is 9.59 Å². The van der Waals surface area contributed by atoms with Crippen LogP contribution >= 0.6 is 11.3 Å². The zero-order chi connectivity index (χ0) is 21.4. The largest absolute Gasteiger partial charge is 0.454 e. The Balaban J connectivity index is 1.16. The van der Waals surface area contributed by atoms with Gasteiger partial charge in [0.05, 0.1) is 4.88 Å². The third kappa shape index (κ3) is 4.15. The zero-order valence-electron chi connectivity index (χ0n) is 17.8. The van der Waals surface area contributed by atoms with Crippen LogP contribution in [0.4, 0.5) is 5.69 Å². The summed E-state index contributed by atoms with van der Waals surface area (Å²) in [7, 11) is 0. The number of rotatable bonds is 4. The van der Waals surface area contributed by atoms with Crippen LogP contribution in [0.3, 0.4) is 0 Å². The maximum Gasteiger partial charge on any atom is 0.263 e. The normalized spacial score (nSPS) is 20.4. The number of carbonyl (C=O) groups excluding carboxylic acids is 2. The van der Waals surface area contributed by atoms with Gasteiger partial charge in [0.15, 0.2) is 11.5 Å². The van der Waals surface area contributed by atoms with Crippen molar-refractivity contribution >= 4 is 28.8 Å². The van der Waals surface area contributed by atoms with Crippen LogP contribution in [0.2, 0.25) is 0 Å². The molecular formula is C24H28N2O4S. The first-order chi connectivity index (χ1) is 15.1. The summed E-state index contributed by atoms with van der Waals surface area (Å²) < 4.78 is 10.7. The van der Waals surface area contributed by atoms with E-state index in [0.717, 1.165) is 23.6 Å². The highest BCUT2D eigenvalue weighted by molar-refractivity contribution is 7.14. The molecule has 0 radical (unpaired) electrons. The Morgan fingerprint density at radius 3 is 2.74 bits per heavy atom. The Bertz CT molecular complexity index is 993. The van der Waals surface area contributed by atoms with Crippen molar-refractivity contribution in [3.8, 4) is 11.5 Å². The van der Waals surface area contributed by atoms with Gasteiger partial charge in [0.2, 0.25) is 12.7 Å². The van der Waals surface area contributed by atoms with Crippen LogP contribution in [0.25, 0.3) is 0 Å². The number of piperidine rings is 1. The van der Waals surface area contributed by atoms with Crippen LogP contribution in [0.5, 0.6) is 11.5 Å². The first kappa shape index (κ1) is 20.4. The molecule has 5 rings (SSSR count). The fraction of sp³-hybridized carbons (Fsp3) is 0.500. The van der Waals surface area contributed by atoms with Crippen LogP contribution in [-0.4, -0.2) is 36.6 Å². The van der Waals surface area contributed by atoms with E-state index in [4.69, 9.17) is 9.47 Å². The third-order valence-electron chi connectivity index (χ3n) is 6.77. The zero-order valence-corrected chi connectivity index (χ0v) is 18.6. The minimum Gasteiger partial charge on any atom is -0.454 e. The second-order valence-electron chi connectivity index (χ2n) is 8.70. The summed E-state index contributed by atoms with van der Waals surface area (Å²) in [5.74, 6) is 2.15. The van der Waals surface area contributed by atoms with Crippen LogP contribution < -0.4 is 14.8 Å². The number of nitrogens with one attached hydrogen (secondary N) is 1. The molecule has 1 N–H and O–H groups in total. The molecule has 2 amide bonds. The van der Waals surface area contributed by atoms with Gasteiger partial charge in [-0.1, -0.05) is 13.3 Å². The number of likely N-dealkylation sites (tertiary alicyclic amines) is 1. The molecule has 7 heteroatoms. The molecule has 2 aliphatic heterocycles. The smallest absolute Gasteiger partial charge is 0.263 e. The van der Waals surface area contributed by atoms with Crippen molar-refractivity contribution in [1.82, 2.24) is 4.90 Å². The molecule has 164 valence electrons. The second kappa shape index (κ2) is 8.54. The van der Waals surface area contributed by atoms with Gasteiger partial charge in [-0.05, 0) is 61.8 Å². The summed E-state index contributed by atoms with van der Waals surface area (Å²) in [4.78, 5) is 30.0. The van der Waals surface area contributed by atoms with Crippen LogP contribution in [0.15, 0.2) is 24.3 Å². The fourth-order valence-corrected chi connectivity index (χ4v) is 5.95. The summed E-state index contributed by atoms with van der Waals surface area (Å²) >= 11 is 1.68. The summed E-state index contributed by atoms with van der Waals surface area (Å²) in [6, 6.07) is 7.55. The van der Waals surface area contributed by atoms with Crippen molar-refractivity contribution in [3.63, 3.8) is 0 Å². The first-order valence-electron chi connectivity index (χ1n) is 11.2. The summed E-state index contributed by atoms with van der Waals surface area (Å²) in [5.41, 5.74) is 2.09. The number of hydrogen-bond acceptors (Lipinski definition) is 5. The molecule has 1 fully saturated rings. The van der Waals surface area contributed by atoms with Crippen LogP contribution in [0, 0.1) is 11.8 Å². The molecule has 0 spiro atoms. The average Bonchev–Trinajstić information content (AvgIpc) is 3.44. The van der Waals surface area contributed by atoms with Gasteiger partial charge >= 0.3 is 0 Å². The highest BCUT2D eigenvalue weighted by atomic mass is 32.1. The summed E-state index contributed by atoms with van der Waals surface area (Å²) in [6.45, 7) is 3.71. The lowest BCUT2D eigenvalue weighted by Gasteiger charge is -2.31. The Hall–Kier alpha value is -2.54. The molecule has 3 aliphatic rings. The van der Waals surface area contributed by atoms with E-state index >= 15 is 0 Å². The standard InChI is InChI=1S/C24H28N2O4S/c1-2-15-3-6-21-17(11-15)12-22(31-21)24(28)26-9-7-16(8-10-26)23(27)25-18-4-5-19-20(13-18)30-14-29-19/h4-5,12-13,15-16H,2-3,6-11,14H2,1H3,(H,25,27)/t15-/m1/s1. The number of fused-ring (bicyclic) bond motifs is 2. The minimum absolute atomic E-state index is 0.00293. The van der Waals surface area contributed by atoms with E-state index in [2.05, 4.69) is 18.3 Å². The molecule has 1 aromatic heterocycles. The van der Waals surface area contributed by atoms with E-state index in [1.54, 1.807) is 17.4 Å². The average molecular weight is 441 g/mol. The number of ether oxygens (including phenoxy) is 2. The van der Waals surface area contributed by atoms with Gasteiger partial charge in [0.1, 0.15) is 0 Å². The SMILES string of the molecule is CC[C@@H]1CCc2sc(C(=O)N3CCC(C(=O)Nc4ccc5c(c4)OCO5)CC3)cc2C1. The predicted molar refractivity (Wildman–Crippen MR) is 120 cm³/mol. The lowest BCUT2D eigenvalue weighted by atomic mass is 9.87. The van der Waals surface area contributed by atoms with Crippen LogP contribution in [-0.2, 0) is 17.6 Å². The highest BCUT2D eigenvalue weighted by Crippen LogP contribution is 2.36. The van der Waals surface area contributed by atoms with Gasteiger partial charge in [0, 0.05) is 35.6 Å². The molecule has 0 bridgehead atoms. The number of benzene rings is 1. The maximum absolute atomic E-state index is 13.1. The summed E-state index contributed by atoms with van der Waals surface area (Å²) in [6.07, 6.45) is 6.03. The Labute approximate surface area is 186 Å². The Morgan fingerprint density at radius 1 is 1.13 bits per heavy atom. The number of anilines is 1. The van der Waals surface area contributed by atoms with Crippen molar-refractivity contribution in [3.05, 3.63) is 39.6 Å². The van der Waals surface area contributed by atoms with E-state index in [9.17, 15) is 9.59 Å².